The van der Waals surface area contributed by atoms with Crippen molar-refractivity contribution in [1.82, 2.24) is 9.80 Å². The second-order valence-electron chi connectivity index (χ2n) is 9.41. The Bertz CT molecular complexity index is 1030. The number of carbonyl (C=O) groups is 2. The number of morpholine rings is 1. The van der Waals surface area contributed by atoms with Crippen molar-refractivity contribution in [3.05, 3.63) is 69.7 Å². The van der Waals surface area contributed by atoms with E-state index in [1.807, 2.05) is 53.4 Å². The molecule has 0 aromatic heterocycles. The molecule has 0 bridgehead atoms. The molecule has 2 aromatic carbocycles. The number of carboxylic acids is 1. The number of ether oxygens (including phenoxy) is 1. The molecule has 2 aromatic rings. The van der Waals surface area contributed by atoms with Gasteiger partial charge in [-0.15, -0.1) is 0 Å². The number of benzene rings is 2. The normalized spacial score (nSPS) is 24.4. The molecule has 1 unspecified atom stereocenters. The average Bonchev–Trinajstić information content (AvgIpc) is 2.85. The maximum atomic E-state index is 14.0. The lowest BCUT2D eigenvalue weighted by Gasteiger charge is -2.49. The number of nitrogens with zero attached hydrogens (tertiary/aromatic N) is 2. The molecule has 2 heterocycles. The highest BCUT2D eigenvalue weighted by Crippen LogP contribution is 2.47. The number of hydrogen-bond donors (Lipinski definition) is 1. The fraction of sp³-hybridized carbons (Fsp3) is 0.481. The Hall–Kier alpha value is -2.12. The molecule has 8 heteroatoms. The molecule has 1 N–H and O–H groups in total. The van der Waals surface area contributed by atoms with Gasteiger partial charge in [-0.25, -0.2) is 0 Å². The minimum absolute atomic E-state index is 0.0699. The van der Waals surface area contributed by atoms with Gasteiger partial charge in [0.25, 0.3) is 0 Å². The first-order valence-corrected chi connectivity index (χ1v) is 13.0. The second-order valence-corrected chi connectivity index (χ2v) is 10.3. The van der Waals surface area contributed by atoms with Gasteiger partial charge in [-0.1, -0.05) is 54.4 Å². The summed E-state index contributed by atoms with van der Waals surface area (Å²) in [4.78, 5) is 30.0. The van der Waals surface area contributed by atoms with Crippen LogP contribution in [0.25, 0.3) is 0 Å². The van der Waals surface area contributed by atoms with E-state index in [2.05, 4.69) is 11.8 Å². The van der Waals surface area contributed by atoms with Crippen LogP contribution in [0.1, 0.15) is 49.3 Å². The van der Waals surface area contributed by atoms with Gasteiger partial charge in [0.15, 0.2) is 0 Å². The molecule has 0 aliphatic carbocycles. The number of amides is 1. The summed E-state index contributed by atoms with van der Waals surface area (Å²) in [6, 6.07) is 15.0. The van der Waals surface area contributed by atoms with Crippen molar-refractivity contribution in [2.45, 2.75) is 44.2 Å². The van der Waals surface area contributed by atoms with Gasteiger partial charge in [0.05, 0.1) is 25.7 Å². The van der Waals surface area contributed by atoms with Crippen LogP contribution in [0.4, 0.5) is 0 Å². The van der Waals surface area contributed by atoms with Crippen molar-refractivity contribution in [3.63, 3.8) is 0 Å². The van der Waals surface area contributed by atoms with E-state index in [-0.39, 0.29) is 30.3 Å². The molecule has 1 amide bonds. The molecule has 0 radical (unpaired) electrons. The number of likely N-dealkylation sites (tertiary alicyclic amines) is 1. The van der Waals surface area contributed by atoms with Crippen molar-refractivity contribution in [2.75, 3.05) is 32.8 Å². The van der Waals surface area contributed by atoms with Crippen LogP contribution in [-0.4, -0.2) is 65.7 Å². The van der Waals surface area contributed by atoms with E-state index in [1.165, 1.54) is 0 Å². The molecule has 0 spiro atoms. The van der Waals surface area contributed by atoms with Gasteiger partial charge >= 0.3 is 5.97 Å². The third-order valence-electron chi connectivity index (χ3n) is 7.17. The summed E-state index contributed by atoms with van der Waals surface area (Å²) in [5.41, 5.74) is 1.99. The van der Waals surface area contributed by atoms with Crippen molar-refractivity contribution in [2.24, 2.45) is 5.92 Å². The quantitative estimate of drug-likeness (QED) is 0.516. The van der Waals surface area contributed by atoms with Crippen LogP contribution in [0.5, 0.6) is 0 Å². The Morgan fingerprint density at radius 1 is 1.09 bits per heavy atom. The Kier molecular flexibility index (Phi) is 8.71. The molecule has 4 rings (SSSR count). The van der Waals surface area contributed by atoms with Gasteiger partial charge < -0.3 is 14.7 Å². The zero-order chi connectivity index (χ0) is 24.9. The summed E-state index contributed by atoms with van der Waals surface area (Å²) in [5.74, 6) is -1.75. The molecule has 2 saturated heterocycles. The lowest BCUT2D eigenvalue weighted by Crippen LogP contribution is -2.55. The summed E-state index contributed by atoms with van der Waals surface area (Å²) in [5, 5.41) is 10.9. The summed E-state index contributed by atoms with van der Waals surface area (Å²) in [7, 11) is 0. The smallest absolute Gasteiger partial charge is 0.304 e. The third-order valence-corrected chi connectivity index (χ3v) is 7.66. The molecule has 4 atom stereocenters. The first-order chi connectivity index (χ1) is 16.9. The zero-order valence-electron chi connectivity index (χ0n) is 19.9. The Morgan fingerprint density at radius 3 is 2.43 bits per heavy atom. The maximum Gasteiger partial charge on any atom is 0.304 e. The molecule has 188 valence electrons. The topological polar surface area (TPSA) is 70.1 Å². The van der Waals surface area contributed by atoms with E-state index in [1.54, 1.807) is 0 Å². The van der Waals surface area contributed by atoms with Gasteiger partial charge in [-0.2, -0.15) is 0 Å². The Labute approximate surface area is 216 Å². The van der Waals surface area contributed by atoms with Gasteiger partial charge in [0.1, 0.15) is 0 Å². The fourth-order valence-corrected chi connectivity index (χ4v) is 5.80. The largest absolute Gasteiger partial charge is 0.481 e. The van der Waals surface area contributed by atoms with Crippen molar-refractivity contribution in [1.29, 1.82) is 0 Å². The van der Waals surface area contributed by atoms with Crippen LogP contribution in [0.2, 0.25) is 10.0 Å². The fourth-order valence-electron chi connectivity index (χ4n) is 5.47. The van der Waals surface area contributed by atoms with Crippen LogP contribution < -0.4 is 0 Å². The van der Waals surface area contributed by atoms with E-state index in [4.69, 9.17) is 27.9 Å². The van der Waals surface area contributed by atoms with Crippen LogP contribution in [0.3, 0.4) is 0 Å². The SMILES string of the molecule is CC[C@@H](CN1CCOCC1)N1C(=O)[C@@H](CC(=O)O)CC(c2cccc(Cl)c2)[C@H]1c1ccc(Cl)cc1. The highest BCUT2D eigenvalue weighted by atomic mass is 35.5. The molecule has 0 saturated carbocycles. The number of hydrogen-bond acceptors (Lipinski definition) is 4. The zero-order valence-corrected chi connectivity index (χ0v) is 21.4. The van der Waals surface area contributed by atoms with Crippen LogP contribution in [-0.2, 0) is 14.3 Å². The average molecular weight is 519 g/mol. The second kappa shape index (κ2) is 11.7. The lowest BCUT2D eigenvalue weighted by atomic mass is 9.74. The highest BCUT2D eigenvalue weighted by Gasteiger charge is 2.46. The van der Waals surface area contributed by atoms with Crippen LogP contribution >= 0.6 is 23.2 Å². The molecular weight excluding hydrogens is 487 g/mol. The number of rotatable bonds is 8. The van der Waals surface area contributed by atoms with Crippen molar-refractivity contribution in [3.8, 4) is 0 Å². The van der Waals surface area contributed by atoms with E-state index >= 15 is 0 Å². The minimum atomic E-state index is -0.959. The maximum absolute atomic E-state index is 14.0. The standard InChI is InChI=1S/C27H32Cl2N2O4/c1-2-23(17-30-10-12-35-13-11-30)31-26(18-6-8-21(28)9-7-18)24(19-4-3-5-22(29)14-19)15-20(27(31)34)16-25(32)33/h3-9,14,20,23-24,26H,2,10-13,15-17H2,1H3,(H,32,33)/t20-,23+,24?,26-/m1/s1. The highest BCUT2D eigenvalue weighted by molar-refractivity contribution is 6.30. The van der Waals surface area contributed by atoms with Gasteiger partial charge in [0, 0.05) is 47.6 Å². The van der Waals surface area contributed by atoms with Gasteiger partial charge in [-0.3, -0.25) is 14.5 Å². The van der Waals surface area contributed by atoms with Gasteiger partial charge in [-0.05, 0) is 48.2 Å². The predicted molar refractivity (Wildman–Crippen MR) is 137 cm³/mol. The molecule has 2 aliphatic heterocycles. The number of piperidine rings is 1. The molecule has 2 fully saturated rings. The number of halogens is 2. The van der Waals surface area contributed by atoms with Crippen molar-refractivity contribution < 1.29 is 19.4 Å². The monoisotopic (exact) mass is 518 g/mol. The van der Waals surface area contributed by atoms with E-state index in [0.29, 0.717) is 29.7 Å². The summed E-state index contributed by atoms with van der Waals surface area (Å²) in [6.45, 7) is 5.81. The van der Waals surface area contributed by atoms with Gasteiger partial charge in [0.2, 0.25) is 5.91 Å². The van der Waals surface area contributed by atoms with E-state index < -0.39 is 11.9 Å². The Balaban J connectivity index is 1.80. The van der Waals surface area contributed by atoms with Crippen LogP contribution in [0, 0.1) is 5.92 Å². The van der Waals surface area contributed by atoms with E-state index in [9.17, 15) is 14.7 Å². The van der Waals surface area contributed by atoms with Crippen molar-refractivity contribution >= 4 is 35.1 Å². The lowest BCUT2D eigenvalue weighted by molar-refractivity contribution is -0.153. The first-order valence-electron chi connectivity index (χ1n) is 12.2. The van der Waals surface area contributed by atoms with Crippen LogP contribution in [0.15, 0.2) is 48.5 Å². The molecule has 6 nitrogen and oxygen atoms in total. The molecular formula is C27H32Cl2N2O4. The molecule has 35 heavy (non-hydrogen) atoms. The molecule has 2 aliphatic rings. The minimum Gasteiger partial charge on any atom is -0.481 e. The number of carbonyl (C=O) groups excluding carboxylic acids is 1. The third kappa shape index (κ3) is 6.18. The summed E-state index contributed by atoms with van der Waals surface area (Å²) in [6.07, 6.45) is 1.02. The Morgan fingerprint density at radius 2 is 1.80 bits per heavy atom. The number of carboxylic acid groups (broad SMARTS) is 1. The van der Waals surface area contributed by atoms with E-state index in [0.717, 1.165) is 37.2 Å². The number of aliphatic carboxylic acids is 1. The first kappa shape index (κ1) is 26.0. The predicted octanol–water partition coefficient (Wildman–Crippen LogP) is 5.25. The summed E-state index contributed by atoms with van der Waals surface area (Å²) < 4.78 is 5.52. The summed E-state index contributed by atoms with van der Waals surface area (Å²) >= 11 is 12.6.